The van der Waals surface area contributed by atoms with Gasteiger partial charge in [-0.1, -0.05) is 12.2 Å². The molecule has 2 rings (SSSR count). The van der Waals surface area contributed by atoms with Gasteiger partial charge in [0.2, 0.25) is 0 Å². The highest BCUT2D eigenvalue weighted by molar-refractivity contribution is 5.95. The molecule has 2 aliphatic carbocycles. The molecule has 1 fully saturated rings. The molecule has 0 aromatic carbocycles. The Bertz CT molecular complexity index is 280. The van der Waals surface area contributed by atoms with Crippen molar-refractivity contribution in [2.75, 3.05) is 0 Å². The zero-order valence-electron chi connectivity index (χ0n) is 7.23. The van der Waals surface area contributed by atoms with E-state index >= 15 is 0 Å². The van der Waals surface area contributed by atoms with Gasteiger partial charge in [0.15, 0.2) is 0 Å². The molecule has 3 unspecified atom stereocenters. The molecular formula is C10H11O3-. The second kappa shape index (κ2) is 2.98. The third kappa shape index (κ3) is 1.50. The summed E-state index contributed by atoms with van der Waals surface area (Å²) in [6, 6.07) is 0. The minimum absolute atomic E-state index is 0.0482. The summed E-state index contributed by atoms with van der Waals surface area (Å²) in [5.41, 5.74) is 0. The van der Waals surface area contributed by atoms with Crippen LogP contribution in [0.2, 0.25) is 0 Å². The van der Waals surface area contributed by atoms with Crippen molar-refractivity contribution in [3.05, 3.63) is 12.2 Å². The lowest BCUT2D eigenvalue weighted by Crippen LogP contribution is -2.29. The van der Waals surface area contributed by atoms with Crippen LogP contribution < -0.4 is 5.11 Å². The number of rotatable bonds is 3. The molecule has 0 aromatic rings. The molecule has 0 N–H and O–H groups in total. The highest BCUT2D eigenvalue weighted by atomic mass is 16.4. The van der Waals surface area contributed by atoms with Crippen LogP contribution in [0.1, 0.15) is 19.3 Å². The van der Waals surface area contributed by atoms with Gasteiger partial charge in [-0.05, 0) is 24.7 Å². The first kappa shape index (κ1) is 8.48. The van der Waals surface area contributed by atoms with E-state index in [2.05, 4.69) is 6.08 Å². The predicted molar refractivity (Wildman–Crippen MR) is 43.5 cm³/mol. The zero-order valence-corrected chi connectivity index (χ0v) is 7.23. The Kier molecular flexibility index (Phi) is 1.94. The number of carboxylic acid groups (broad SMARTS) is 1. The van der Waals surface area contributed by atoms with Gasteiger partial charge in [-0.15, -0.1) is 0 Å². The molecule has 0 spiro atoms. The lowest BCUT2D eigenvalue weighted by molar-refractivity contribution is -0.304. The molecule has 0 heterocycles. The van der Waals surface area contributed by atoms with Crippen LogP contribution in [-0.4, -0.2) is 11.8 Å². The first-order valence-electron chi connectivity index (χ1n) is 4.57. The number of aliphatic carboxylic acids is 1. The molecule has 0 amide bonds. The van der Waals surface area contributed by atoms with Gasteiger partial charge in [-0.2, -0.15) is 0 Å². The van der Waals surface area contributed by atoms with E-state index in [1.165, 1.54) is 0 Å². The number of Topliss-reactive ketones (excluding diaryl/α,β-unsaturated/α-hetero) is 1. The van der Waals surface area contributed by atoms with Crippen molar-refractivity contribution >= 4 is 11.8 Å². The Hall–Kier alpha value is -1.12. The number of carboxylic acids is 1. The molecule has 0 aromatic heterocycles. The molecule has 2 bridgehead atoms. The summed E-state index contributed by atoms with van der Waals surface area (Å²) in [4.78, 5) is 21.6. The number of hydrogen-bond acceptors (Lipinski definition) is 3. The fourth-order valence-corrected chi connectivity index (χ4v) is 2.42. The molecule has 0 radical (unpaired) electrons. The Morgan fingerprint density at radius 2 is 2.08 bits per heavy atom. The largest absolute Gasteiger partial charge is 0.550 e. The van der Waals surface area contributed by atoms with Crippen LogP contribution in [0, 0.1) is 17.8 Å². The van der Waals surface area contributed by atoms with Crippen LogP contribution in [0.25, 0.3) is 0 Å². The standard InChI is InChI=1S/C10H12O3/c11-9(5-10(12)13)8-4-6-1-2-7(8)3-6/h1-2,6-8H,3-5H2,(H,12,13)/p-1. The molecule has 13 heavy (non-hydrogen) atoms. The maximum absolute atomic E-state index is 11.4. The van der Waals surface area contributed by atoms with E-state index in [0.29, 0.717) is 11.8 Å². The van der Waals surface area contributed by atoms with Crippen molar-refractivity contribution in [3.8, 4) is 0 Å². The van der Waals surface area contributed by atoms with E-state index in [1.54, 1.807) is 0 Å². The van der Waals surface area contributed by atoms with Crippen molar-refractivity contribution in [2.45, 2.75) is 19.3 Å². The van der Waals surface area contributed by atoms with Crippen molar-refractivity contribution in [2.24, 2.45) is 17.8 Å². The smallest absolute Gasteiger partial charge is 0.142 e. The fraction of sp³-hybridized carbons (Fsp3) is 0.600. The molecule has 3 heteroatoms. The normalized spacial score (nSPS) is 35.2. The zero-order chi connectivity index (χ0) is 9.42. The maximum atomic E-state index is 11.4. The average molecular weight is 179 g/mol. The van der Waals surface area contributed by atoms with E-state index in [0.717, 1.165) is 12.8 Å². The number of fused-ring (bicyclic) bond motifs is 2. The summed E-state index contributed by atoms with van der Waals surface area (Å²) >= 11 is 0. The highest BCUT2D eigenvalue weighted by Crippen LogP contribution is 2.44. The Labute approximate surface area is 76.4 Å². The van der Waals surface area contributed by atoms with Crippen molar-refractivity contribution in [1.29, 1.82) is 0 Å². The maximum Gasteiger partial charge on any atom is 0.142 e. The van der Waals surface area contributed by atoms with Gasteiger partial charge in [-0.25, -0.2) is 0 Å². The first-order chi connectivity index (χ1) is 6.16. The number of carbonyl (C=O) groups excluding carboxylic acids is 2. The van der Waals surface area contributed by atoms with E-state index in [1.807, 2.05) is 6.08 Å². The summed E-state index contributed by atoms with van der Waals surface area (Å²) in [6.45, 7) is 0. The molecule has 2 aliphatic rings. The molecule has 3 nitrogen and oxygen atoms in total. The average Bonchev–Trinajstić information content (AvgIpc) is 2.62. The number of hydrogen-bond donors (Lipinski definition) is 0. The summed E-state index contributed by atoms with van der Waals surface area (Å²) in [7, 11) is 0. The number of ketones is 1. The van der Waals surface area contributed by atoms with Crippen LogP contribution in [0.4, 0.5) is 0 Å². The first-order valence-corrected chi connectivity index (χ1v) is 4.57. The van der Waals surface area contributed by atoms with Crippen LogP contribution >= 0.6 is 0 Å². The van der Waals surface area contributed by atoms with Crippen molar-refractivity contribution in [3.63, 3.8) is 0 Å². The van der Waals surface area contributed by atoms with Crippen LogP contribution in [0.15, 0.2) is 12.2 Å². The molecule has 3 atom stereocenters. The summed E-state index contributed by atoms with van der Waals surface area (Å²) in [6.07, 6.45) is 5.64. The van der Waals surface area contributed by atoms with Crippen molar-refractivity contribution in [1.82, 2.24) is 0 Å². The molecule has 1 saturated carbocycles. The van der Waals surface area contributed by atoms with Gasteiger partial charge in [0.25, 0.3) is 0 Å². The highest BCUT2D eigenvalue weighted by Gasteiger charge is 2.39. The second-order valence-corrected chi connectivity index (χ2v) is 3.90. The van der Waals surface area contributed by atoms with Crippen LogP contribution in [0.3, 0.4) is 0 Å². The Morgan fingerprint density at radius 1 is 1.31 bits per heavy atom. The van der Waals surface area contributed by atoms with Gasteiger partial charge in [0.05, 0.1) is 0 Å². The minimum atomic E-state index is -1.25. The number of allylic oxidation sites excluding steroid dienone is 2. The van der Waals surface area contributed by atoms with Gasteiger partial charge >= 0.3 is 0 Å². The quantitative estimate of drug-likeness (QED) is 0.449. The second-order valence-electron chi connectivity index (χ2n) is 3.90. The molecule has 0 saturated heterocycles. The third-order valence-corrected chi connectivity index (χ3v) is 3.01. The van der Waals surface area contributed by atoms with E-state index in [-0.39, 0.29) is 11.7 Å². The Morgan fingerprint density at radius 3 is 2.54 bits per heavy atom. The lowest BCUT2D eigenvalue weighted by Gasteiger charge is -2.16. The summed E-state index contributed by atoms with van der Waals surface area (Å²) in [5, 5.41) is 10.2. The summed E-state index contributed by atoms with van der Waals surface area (Å²) < 4.78 is 0. The predicted octanol–water partition coefficient (Wildman–Crippen LogP) is -0.0923. The molecule has 70 valence electrons. The van der Waals surface area contributed by atoms with Gasteiger partial charge < -0.3 is 9.90 Å². The third-order valence-electron chi connectivity index (χ3n) is 3.01. The summed E-state index contributed by atoms with van der Waals surface area (Å²) in [5.74, 6) is -0.640. The van der Waals surface area contributed by atoms with Crippen LogP contribution in [-0.2, 0) is 9.59 Å². The van der Waals surface area contributed by atoms with Gasteiger partial charge in [0.1, 0.15) is 5.78 Å². The van der Waals surface area contributed by atoms with Gasteiger partial charge in [-0.3, -0.25) is 4.79 Å². The van der Waals surface area contributed by atoms with E-state index in [9.17, 15) is 14.7 Å². The minimum Gasteiger partial charge on any atom is -0.550 e. The van der Waals surface area contributed by atoms with E-state index in [4.69, 9.17) is 0 Å². The monoisotopic (exact) mass is 179 g/mol. The fourth-order valence-electron chi connectivity index (χ4n) is 2.42. The lowest BCUT2D eigenvalue weighted by atomic mass is 9.88. The van der Waals surface area contributed by atoms with Gasteiger partial charge in [0, 0.05) is 18.3 Å². The molecule has 0 aliphatic heterocycles. The number of carbonyl (C=O) groups is 2. The van der Waals surface area contributed by atoms with E-state index < -0.39 is 12.4 Å². The molecular weight excluding hydrogens is 168 g/mol. The topological polar surface area (TPSA) is 57.2 Å². The Balaban J connectivity index is 1.99. The SMILES string of the molecule is O=C([O-])CC(=O)C1CC2C=CC1C2. The van der Waals surface area contributed by atoms with Crippen LogP contribution in [0.5, 0.6) is 0 Å². The van der Waals surface area contributed by atoms with Crippen molar-refractivity contribution < 1.29 is 14.7 Å².